The molecule has 2 rings (SSSR count). The van der Waals surface area contributed by atoms with Crippen molar-refractivity contribution < 1.29 is 9.72 Å². The third-order valence-corrected chi connectivity index (χ3v) is 3.55. The van der Waals surface area contributed by atoms with Crippen molar-refractivity contribution in [3.05, 3.63) is 51.7 Å². The summed E-state index contributed by atoms with van der Waals surface area (Å²) in [6.45, 7) is 6.77. The number of rotatable bonds is 5. The van der Waals surface area contributed by atoms with E-state index in [1.807, 2.05) is 11.5 Å². The minimum Gasteiger partial charge on any atom is -0.366 e. The molecule has 0 aliphatic rings. The van der Waals surface area contributed by atoms with Gasteiger partial charge in [0.15, 0.2) is 0 Å². The van der Waals surface area contributed by atoms with E-state index in [2.05, 4.69) is 13.8 Å². The molecule has 116 valence electrons. The van der Waals surface area contributed by atoms with Gasteiger partial charge >= 0.3 is 0 Å². The van der Waals surface area contributed by atoms with Crippen LogP contribution in [-0.4, -0.2) is 15.4 Å². The van der Waals surface area contributed by atoms with E-state index in [0.29, 0.717) is 11.5 Å². The molecule has 1 amide bonds. The van der Waals surface area contributed by atoms with Crippen LogP contribution in [0.4, 0.5) is 5.69 Å². The first kappa shape index (κ1) is 15.8. The van der Waals surface area contributed by atoms with Crippen LogP contribution in [0.3, 0.4) is 0 Å². The number of hydrogen-bond acceptors (Lipinski definition) is 3. The summed E-state index contributed by atoms with van der Waals surface area (Å²) in [5.74, 6) is -0.0770. The number of primary amides is 1. The second-order valence-corrected chi connectivity index (χ2v) is 5.70. The standard InChI is InChI=1S/C16H19N3O3/c1-10(2)9-18-11(3)14(16(17)20)8-15(18)12-4-6-13(7-5-12)19(21)22/h4-8,10H,9H2,1-3H3,(H2,17,20). The summed E-state index contributed by atoms with van der Waals surface area (Å²) in [6, 6.07) is 8.05. The van der Waals surface area contributed by atoms with Gasteiger partial charge in [0.05, 0.1) is 10.5 Å². The fourth-order valence-electron chi connectivity index (χ4n) is 2.49. The van der Waals surface area contributed by atoms with E-state index in [4.69, 9.17) is 5.73 Å². The number of carbonyl (C=O) groups is 1. The SMILES string of the molecule is Cc1c(C(N)=O)cc(-c2ccc([N+](=O)[O-])cc2)n1CC(C)C. The molecule has 6 heteroatoms. The van der Waals surface area contributed by atoms with Gasteiger partial charge in [-0.1, -0.05) is 13.8 Å². The highest BCUT2D eigenvalue weighted by Crippen LogP contribution is 2.28. The minimum absolute atomic E-state index is 0.0394. The zero-order chi connectivity index (χ0) is 16.4. The van der Waals surface area contributed by atoms with E-state index in [0.717, 1.165) is 23.5 Å². The Morgan fingerprint density at radius 3 is 2.36 bits per heavy atom. The molecular formula is C16H19N3O3. The van der Waals surface area contributed by atoms with Crippen molar-refractivity contribution in [3.63, 3.8) is 0 Å². The Labute approximate surface area is 128 Å². The normalized spacial score (nSPS) is 10.9. The van der Waals surface area contributed by atoms with Gasteiger partial charge in [-0.2, -0.15) is 0 Å². The molecule has 0 saturated carbocycles. The van der Waals surface area contributed by atoms with Crippen molar-refractivity contribution in [2.24, 2.45) is 11.7 Å². The van der Waals surface area contributed by atoms with Gasteiger partial charge in [0.25, 0.3) is 11.6 Å². The highest BCUT2D eigenvalue weighted by Gasteiger charge is 2.18. The number of nitro groups is 1. The highest BCUT2D eigenvalue weighted by molar-refractivity contribution is 5.95. The quantitative estimate of drug-likeness (QED) is 0.679. The van der Waals surface area contributed by atoms with Gasteiger partial charge in [0.1, 0.15) is 0 Å². The van der Waals surface area contributed by atoms with Crippen LogP contribution < -0.4 is 5.73 Å². The van der Waals surface area contributed by atoms with Crippen LogP contribution >= 0.6 is 0 Å². The summed E-state index contributed by atoms with van der Waals surface area (Å²) in [5.41, 5.74) is 8.43. The van der Waals surface area contributed by atoms with E-state index in [-0.39, 0.29) is 5.69 Å². The summed E-state index contributed by atoms with van der Waals surface area (Å²) in [6.07, 6.45) is 0. The Morgan fingerprint density at radius 2 is 1.91 bits per heavy atom. The zero-order valence-corrected chi connectivity index (χ0v) is 12.9. The average Bonchev–Trinajstić information content (AvgIpc) is 2.76. The number of carbonyl (C=O) groups excluding carboxylic acids is 1. The van der Waals surface area contributed by atoms with Crippen molar-refractivity contribution in [1.29, 1.82) is 0 Å². The highest BCUT2D eigenvalue weighted by atomic mass is 16.6. The molecule has 1 aromatic carbocycles. The van der Waals surface area contributed by atoms with Crippen molar-refractivity contribution >= 4 is 11.6 Å². The number of nitrogens with two attached hydrogens (primary N) is 1. The molecule has 0 bridgehead atoms. The molecule has 2 N–H and O–H groups in total. The van der Waals surface area contributed by atoms with Crippen molar-refractivity contribution in [2.75, 3.05) is 0 Å². The van der Waals surface area contributed by atoms with E-state index >= 15 is 0 Å². The van der Waals surface area contributed by atoms with Gasteiger partial charge in [-0.25, -0.2) is 0 Å². The molecule has 0 fully saturated rings. The zero-order valence-electron chi connectivity index (χ0n) is 12.9. The van der Waals surface area contributed by atoms with Crippen LogP contribution in [-0.2, 0) is 6.54 Å². The van der Waals surface area contributed by atoms with E-state index in [1.165, 1.54) is 12.1 Å². The lowest BCUT2D eigenvalue weighted by Gasteiger charge is -2.14. The molecule has 6 nitrogen and oxygen atoms in total. The Balaban J connectivity index is 2.55. The Hall–Kier alpha value is -2.63. The molecule has 2 aromatic rings. The van der Waals surface area contributed by atoms with Gasteiger partial charge in [0, 0.05) is 30.1 Å². The maximum Gasteiger partial charge on any atom is 0.269 e. The van der Waals surface area contributed by atoms with Crippen LogP contribution in [0.15, 0.2) is 30.3 Å². The largest absolute Gasteiger partial charge is 0.366 e. The van der Waals surface area contributed by atoms with Crippen molar-refractivity contribution in [3.8, 4) is 11.3 Å². The molecule has 0 spiro atoms. The number of aromatic nitrogens is 1. The fourth-order valence-corrected chi connectivity index (χ4v) is 2.49. The third-order valence-electron chi connectivity index (χ3n) is 3.55. The monoisotopic (exact) mass is 301 g/mol. The molecule has 0 aliphatic heterocycles. The van der Waals surface area contributed by atoms with Crippen LogP contribution in [0.5, 0.6) is 0 Å². The van der Waals surface area contributed by atoms with Crippen LogP contribution in [0.2, 0.25) is 0 Å². The molecule has 0 unspecified atom stereocenters. The number of nitro benzene ring substituents is 1. The Bertz CT molecular complexity index is 715. The minimum atomic E-state index is -0.469. The van der Waals surface area contributed by atoms with E-state index in [1.54, 1.807) is 18.2 Å². The van der Waals surface area contributed by atoms with E-state index in [9.17, 15) is 14.9 Å². The summed E-state index contributed by atoms with van der Waals surface area (Å²) in [4.78, 5) is 21.9. The molecule has 0 atom stereocenters. The molecule has 0 saturated heterocycles. The lowest BCUT2D eigenvalue weighted by atomic mass is 10.1. The molecule has 1 aromatic heterocycles. The topological polar surface area (TPSA) is 91.2 Å². The first-order valence-electron chi connectivity index (χ1n) is 7.06. The lowest BCUT2D eigenvalue weighted by Crippen LogP contribution is -2.13. The fraction of sp³-hybridized carbons (Fsp3) is 0.312. The summed E-state index contributed by atoms with van der Waals surface area (Å²) >= 11 is 0. The second-order valence-electron chi connectivity index (χ2n) is 5.70. The van der Waals surface area contributed by atoms with Gasteiger partial charge in [-0.3, -0.25) is 14.9 Å². The second kappa shape index (κ2) is 6.01. The number of non-ortho nitro benzene ring substituents is 1. The molecule has 0 aliphatic carbocycles. The molecule has 1 heterocycles. The van der Waals surface area contributed by atoms with Crippen LogP contribution in [0.25, 0.3) is 11.3 Å². The van der Waals surface area contributed by atoms with Gasteiger partial charge in [0.2, 0.25) is 0 Å². The van der Waals surface area contributed by atoms with Crippen molar-refractivity contribution in [1.82, 2.24) is 4.57 Å². The molecule has 22 heavy (non-hydrogen) atoms. The molecule has 0 radical (unpaired) electrons. The van der Waals surface area contributed by atoms with Gasteiger partial charge in [-0.05, 0) is 36.6 Å². The number of hydrogen-bond donors (Lipinski definition) is 1. The van der Waals surface area contributed by atoms with Crippen LogP contribution in [0, 0.1) is 23.0 Å². The van der Waals surface area contributed by atoms with Gasteiger partial charge in [-0.15, -0.1) is 0 Å². The number of nitrogens with zero attached hydrogens (tertiary/aromatic N) is 2. The van der Waals surface area contributed by atoms with Crippen LogP contribution in [0.1, 0.15) is 29.9 Å². The van der Waals surface area contributed by atoms with E-state index < -0.39 is 10.8 Å². The van der Waals surface area contributed by atoms with Gasteiger partial charge < -0.3 is 10.3 Å². The average molecular weight is 301 g/mol. The van der Waals surface area contributed by atoms with Crippen molar-refractivity contribution in [2.45, 2.75) is 27.3 Å². The first-order chi connectivity index (χ1) is 10.3. The predicted molar refractivity (Wildman–Crippen MR) is 84.6 cm³/mol. The smallest absolute Gasteiger partial charge is 0.269 e. The molecular weight excluding hydrogens is 282 g/mol. The maximum absolute atomic E-state index is 11.6. The lowest BCUT2D eigenvalue weighted by molar-refractivity contribution is -0.384. The number of amides is 1. The summed E-state index contributed by atoms with van der Waals surface area (Å²) < 4.78 is 2.03. The Morgan fingerprint density at radius 1 is 1.32 bits per heavy atom. The first-order valence-corrected chi connectivity index (χ1v) is 7.06. The maximum atomic E-state index is 11.6. The summed E-state index contributed by atoms with van der Waals surface area (Å²) in [7, 11) is 0. The predicted octanol–water partition coefficient (Wildman–Crippen LogP) is 3.13. The Kier molecular flexibility index (Phi) is 4.30. The number of benzene rings is 1. The summed E-state index contributed by atoms with van der Waals surface area (Å²) in [5, 5.41) is 10.7. The third kappa shape index (κ3) is 3.00.